The number of aromatic nitrogens is 1. The number of rotatable bonds is 4. The number of nitrogens with one attached hydrogen (secondary N) is 1. The van der Waals surface area contributed by atoms with Crippen LogP contribution >= 0.6 is 0 Å². The first-order valence-corrected chi connectivity index (χ1v) is 7.37. The van der Waals surface area contributed by atoms with Crippen LogP contribution in [-0.2, 0) is 0 Å². The van der Waals surface area contributed by atoms with Gasteiger partial charge in [-0.25, -0.2) is 0 Å². The molecule has 0 bridgehead atoms. The number of hydrogen-bond acceptors (Lipinski definition) is 3. The van der Waals surface area contributed by atoms with Crippen LogP contribution in [0.2, 0.25) is 0 Å². The van der Waals surface area contributed by atoms with E-state index in [0.29, 0.717) is 11.6 Å². The number of carbonyl (C=O) groups excluding carboxylic acids is 1. The zero-order chi connectivity index (χ0) is 14.5. The zero-order valence-electron chi connectivity index (χ0n) is 12.3. The van der Waals surface area contributed by atoms with Gasteiger partial charge in [0.2, 0.25) is 5.56 Å². The number of carbonyl (C=O) groups is 1. The molecular weight excluding hydrogens is 254 g/mol. The SMILES string of the molecule is CCN(CC)C1CCN(C(=O)c2ccc(=O)[nH]c2)CC1. The molecule has 1 fully saturated rings. The number of piperidine rings is 1. The summed E-state index contributed by atoms with van der Waals surface area (Å²) >= 11 is 0. The maximum atomic E-state index is 12.3. The van der Waals surface area contributed by atoms with Crippen LogP contribution in [0.3, 0.4) is 0 Å². The van der Waals surface area contributed by atoms with Gasteiger partial charge in [-0.3, -0.25) is 9.59 Å². The van der Waals surface area contributed by atoms with Crippen molar-refractivity contribution in [2.75, 3.05) is 26.2 Å². The van der Waals surface area contributed by atoms with E-state index in [0.717, 1.165) is 39.0 Å². The Bertz CT molecular complexity index is 480. The summed E-state index contributed by atoms with van der Waals surface area (Å²) in [7, 11) is 0. The molecule has 1 amide bonds. The van der Waals surface area contributed by atoms with Crippen LogP contribution in [0.15, 0.2) is 23.1 Å². The third-order valence-electron chi connectivity index (χ3n) is 4.11. The van der Waals surface area contributed by atoms with Gasteiger partial charge in [0.05, 0.1) is 5.56 Å². The predicted molar refractivity (Wildman–Crippen MR) is 78.9 cm³/mol. The third kappa shape index (κ3) is 3.28. The third-order valence-corrected chi connectivity index (χ3v) is 4.11. The molecule has 2 heterocycles. The molecule has 0 aromatic carbocycles. The van der Waals surface area contributed by atoms with E-state index in [1.807, 2.05) is 4.90 Å². The number of hydrogen-bond donors (Lipinski definition) is 1. The largest absolute Gasteiger partial charge is 0.338 e. The highest BCUT2D eigenvalue weighted by Gasteiger charge is 2.26. The fraction of sp³-hybridized carbons (Fsp3) is 0.600. The molecule has 0 atom stereocenters. The van der Waals surface area contributed by atoms with Crippen LogP contribution in [0, 0.1) is 0 Å². The van der Waals surface area contributed by atoms with Crippen LogP contribution in [0.1, 0.15) is 37.0 Å². The highest BCUT2D eigenvalue weighted by Crippen LogP contribution is 2.17. The van der Waals surface area contributed by atoms with E-state index in [1.165, 1.54) is 12.3 Å². The first-order valence-electron chi connectivity index (χ1n) is 7.37. The molecule has 1 aliphatic heterocycles. The Labute approximate surface area is 119 Å². The second-order valence-corrected chi connectivity index (χ2v) is 5.19. The van der Waals surface area contributed by atoms with Gasteiger partial charge < -0.3 is 14.8 Å². The smallest absolute Gasteiger partial charge is 0.255 e. The van der Waals surface area contributed by atoms with Crippen LogP contribution in [0.4, 0.5) is 0 Å². The highest BCUT2D eigenvalue weighted by molar-refractivity contribution is 5.93. The maximum absolute atomic E-state index is 12.3. The fourth-order valence-corrected chi connectivity index (χ4v) is 2.90. The number of nitrogens with zero attached hydrogens (tertiary/aromatic N) is 2. The lowest BCUT2D eigenvalue weighted by molar-refractivity contribution is 0.0631. The zero-order valence-corrected chi connectivity index (χ0v) is 12.3. The van der Waals surface area contributed by atoms with Gasteiger partial charge in [-0.2, -0.15) is 0 Å². The molecule has 0 aliphatic carbocycles. The Kier molecular flexibility index (Phi) is 4.95. The summed E-state index contributed by atoms with van der Waals surface area (Å²) in [4.78, 5) is 30.2. The average Bonchev–Trinajstić information content (AvgIpc) is 2.49. The maximum Gasteiger partial charge on any atom is 0.255 e. The fourth-order valence-electron chi connectivity index (χ4n) is 2.90. The van der Waals surface area contributed by atoms with Crippen LogP contribution < -0.4 is 5.56 Å². The summed E-state index contributed by atoms with van der Waals surface area (Å²) in [5.74, 6) is 0.0132. The minimum Gasteiger partial charge on any atom is -0.338 e. The minimum absolute atomic E-state index is 0.0132. The van der Waals surface area contributed by atoms with E-state index >= 15 is 0 Å². The van der Waals surface area contributed by atoms with E-state index in [9.17, 15) is 9.59 Å². The Morgan fingerprint density at radius 3 is 2.45 bits per heavy atom. The van der Waals surface area contributed by atoms with Crippen molar-refractivity contribution >= 4 is 5.91 Å². The lowest BCUT2D eigenvalue weighted by Gasteiger charge is -2.37. The quantitative estimate of drug-likeness (QED) is 0.903. The Morgan fingerprint density at radius 1 is 1.30 bits per heavy atom. The van der Waals surface area contributed by atoms with Crippen molar-refractivity contribution in [1.29, 1.82) is 0 Å². The summed E-state index contributed by atoms with van der Waals surface area (Å²) in [6, 6.07) is 3.58. The van der Waals surface area contributed by atoms with Gasteiger partial charge in [0.15, 0.2) is 0 Å². The second-order valence-electron chi connectivity index (χ2n) is 5.19. The molecule has 1 N–H and O–H groups in total. The predicted octanol–water partition coefficient (Wildman–Crippen LogP) is 1.32. The molecule has 5 heteroatoms. The molecule has 2 rings (SSSR count). The highest BCUT2D eigenvalue weighted by atomic mass is 16.2. The van der Waals surface area contributed by atoms with E-state index in [-0.39, 0.29) is 11.5 Å². The Hall–Kier alpha value is -1.62. The summed E-state index contributed by atoms with van der Waals surface area (Å²) in [5, 5.41) is 0. The Balaban J connectivity index is 1.95. The van der Waals surface area contributed by atoms with Crippen LogP contribution in [-0.4, -0.2) is 52.9 Å². The molecule has 0 spiro atoms. The van der Waals surface area contributed by atoms with Crippen LogP contribution in [0.5, 0.6) is 0 Å². The molecule has 0 radical (unpaired) electrons. The summed E-state index contributed by atoms with van der Waals surface area (Å²) < 4.78 is 0. The molecule has 0 saturated carbocycles. The standard InChI is InChI=1S/C15H23N3O2/c1-3-17(4-2)13-7-9-18(10-8-13)15(20)12-5-6-14(19)16-11-12/h5-6,11,13H,3-4,7-10H2,1-2H3,(H,16,19). The monoisotopic (exact) mass is 277 g/mol. The second kappa shape index (κ2) is 6.70. The topological polar surface area (TPSA) is 56.4 Å². The van der Waals surface area contributed by atoms with Crippen LogP contribution in [0.25, 0.3) is 0 Å². The lowest BCUT2D eigenvalue weighted by Crippen LogP contribution is -2.46. The average molecular weight is 277 g/mol. The molecule has 1 saturated heterocycles. The van der Waals surface area contributed by atoms with Gasteiger partial charge >= 0.3 is 0 Å². The molecule has 1 aliphatic rings. The van der Waals surface area contributed by atoms with Gasteiger partial charge in [-0.1, -0.05) is 13.8 Å². The number of pyridine rings is 1. The molecule has 20 heavy (non-hydrogen) atoms. The minimum atomic E-state index is -0.179. The van der Waals surface area contributed by atoms with Crippen molar-refractivity contribution in [3.63, 3.8) is 0 Å². The van der Waals surface area contributed by atoms with Gasteiger partial charge in [-0.05, 0) is 32.0 Å². The molecule has 1 aromatic heterocycles. The van der Waals surface area contributed by atoms with Crippen molar-refractivity contribution < 1.29 is 4.79 Å². The molecule has 110 valence electrons. The first kappa shape index (κ1) is 14.8. The van der Waals surface area contributed by atoms with Crippen molar-refractivity contribution in [3.05, 3.63) is 34.2 Å². The van der Waals surface area contributed by atoms with Crippen molar-refractivity contribution in [2.24, 2.45) is 0 Å². The van der Waals surface area contributed by atoms with Crippen molar-refractivity contribution in [1.82, 2.24) is 14.8 Å². The summed E-state index contributed by atoms with van der Waals surface area (Å²) in [5.41, 5.74) is 0.382. The van der Waals surface area contributed by atoms with E-state index in [2.05, 4.69) is 23.7 Å². The normalized spacial score (nSPS) is 16.6. The van der Waals surface area contributed by atoms with E-state index in [1.54, 1.807) is 6.07 Å². The molecule has 1 aromatic rings. The number of amides is 1. The number of H-pyrrole nitrogens is 1. The summed E-state index contributed by atoms with van der Waals surface area (Å²) in [6.45, 7) is 8.07. The number of likely N-dealkylation sites (tertiary alicyclic amines) is 1. The molecule has 0 unspecified atom stereocenters. The lowest BCUT2D eigenvalue weighted by atomic mass is 10.0. The van der Waals surface area contributed by atoms with Gasteiger partial charge in [-0.15, -0.1) is 0 Å². The summed E-state index contributed by atoms with van der Waals surface area (Å²) in [6.07, 6.45) is 3.55. The molecule has 5 nitrogen and oxygen atoms in total. The molecular formula is C15H23N3O2. The number of aromatic amines is 1. The van der Waals surface area contributed by atoms with E-state index in [4.69, 9.17) is 0 Å². The van der Waals surface area contributed by atoms with Gasteiger partial charge in [0.1, 0.15) is 0 Å². The van der Waals surface area contributed by atoms with Gasteiger partial charge in [0.25, 0.3) is 5.91 Å². The van der Waals surface area contributed by atoms with Gasteiger partial charge in [0, 0.05) is 31.4 Å². The van der Waals surface area contributed by atoms with Crippen molar-refractivity contribution in [2.45, 2.75) is 32.7 Å². The van der Waals surface area contributed by atoms with E-state index < -0.39 is 0 Å². The van der Waals surface area contributed by atoms with Crippen molar-refractivity contribution in [3.8, 4) is 0 Å². The first-order chi connectivity index (χ1) is 9.65. The Morgan fingerprint density at radius 2 is 1.95 bits per heavy atom.